The van der Waals surface area contributed by atoms with Crippen LogP contribution in [0.25, 0.3) is 22.0 Å². The number of hydrogen-bond donors (Lipinski definition) is 1. The quantitative estimate of drug-likeness (QED) is 0.548. The molecule has 0 saturated carbocycles. The van der Waals surface area contributed by atoms with Crippen LogP contribution in [0.15, 0.2) is 72.0 Å². The predicted molar refractivity (Wildman–Crippen MR) is 120 cm³/mol. The molecule has 0 bridgehead atoms. The third kappa shape index (κ3) is 2.69. The number of rotatable bonds is 4. The number of allylic oxidation sites excluding steroid dienone is 4. The number of benzene rings is 2. The number of aliphatic hydroxyl groups is 1. The molecule has 3 aromatic rings. The lowest BCUT2D eigenvalue weighted by Crippen LogP contribution is -2.23. The van der Waals surface area contributed by atoms with Gasteiger partial charge in [0, 0.05) is 28.7 Å². The first kappa shape index (κ1) is 19.0. The number of aliphatic hydroxyl groups excluding tert-OH is 1. The maximum Gasteiger partial charge on any atom is 0.201 e. The second kappa shape index (κ2) is 6.93. The van der Waals surface area contributed by atoms with Gasteiger partial charge in [-0.05, 0) is 56.0 Å². The van der Waals surface area contributed by atoms with Gasteiger partial charge in [-0.2, -0.15) is 0 Å². The number of aromatic nitrogens is 1. The van der Waals surface area contributed by atoms with Gasteiger partial charge in [0.2, 0.25) is 5.78 Å². The fraction of sp³-hybridized carbons (Fsp3) is 0.192. The van der Waals surface area contributed by atoms with Crippen LogP contribution in [0.3, 0.4) is 0 Å². The van der Waals surface area contributed by atoms with Crippen LogP contribution in [0.1, 0.15) is 36.2 Å². The summed E-state index contributed by atoms with van der Waals surface area (Å²) < 4.78 is 2.18. The second-order valence-corrected chi connectivity index (χ2v) is 7.62. The molecule has 1 N–H and O–H groups in total. The summed E-state index contributed by atoms with van der Waals surface area (Å²) in [7, 11) is 0. The van der Waals surface area contributed by atoms with Gasteiger partial charge in [-0.1, -0.05) is 49.0 Å². The Labute approximate surface area is 171 Å². The molecule has 1 aliphatic carbocycles. The predicted octanol–water partition coefficient (Wildman–Crippen LogP) is 6.16. The standard InChI is InChI=1S/C26H25NO2/c1-6-27-17(5)22(19-13-9-10-14-20(19)27)24-25(28)23(26(24)29)21(15(2)3)18-12-8-7-11-16(18)4/h7-14,28H,2,6H2,1,3-5H3/b23-21-. The highest BCUT2D eigenvalue weighted by Crippen LogP contribution is 2.46. The maximum absolute atomic E-state index is 13.4. The number of carbonyl (C=O) groups excluding carboxylic acids is 1. The lowest BCUT2D eigenvalue weighted by atomic mass is 9.76. The van der Waals surface area contributed by atoms with E-state index in [9.17, 15) is 9.90 Å². The molecule has 0 unspecified atom stereocenters. The van der Waals surface area contributed by atoms with E-state index < -0.39 is 0 Å². The third-order valence-corrected chi connectivity index (χ3v) is 5.82. The zero-order chi connectivity index (χ0) is 20.9. The Bertz CT molecular complexity index is 1250. The normalized spacial score (nSPS) is 15.7. The van der Waals surface area contributed by atoms with E-state index in [1.807, 2.05) is 63.2 Å². The van der Waals surface area contributed by atoms with Gasteiger partial charge in [0.25, 0.3) is 0 Å². The molecule has 0 aliphatic heterocycles. The first-order valence-electron chi connectivity index (χ1n) is 9.91. The molecule has 0 atom stereocenters. The van der Waals surface area contributed by atoms with E-state index in [2.05, 4.69) is 24.1 Å². The fourth-order valence-corrected chi connectivity index (χ4v) is 4.45. The van der Waals surface area contributed by atoms with E-state index in [1.165, 1.54) is 0 Å². The lowest BCUT2D eigenvalue weighted by Gasteiger charge is -2.26. The van der Waals surface area contributed by atoms with Crippen LogP contribution in [0.5, 0.6) is 0 Å². The molecule has 3 heteroatoms. The van der Waals surface area contributed by atoms with Crippen molar-refractivity contribution >= 4 is 27.8 Å². The Morgan fingerprint density at radius 2 is 1.72 bits per heavy atom. The van der Waals surface area contributed by atoms with Crippen LogP contribution in [0.4, 0.5) is 0 Å². The van der Waals surface area contributed by atoms with Crippen molar-refractivity contribution in [3.63, 3.8) is 0 Å². The Kier molecular flexibility index (Phi) is 4.54. The van der Waals surface area contributed by atoms with E-state index in [4.69, 9.17) is 0 Å². The third-order valence-electron chi connectivity index (χ3n) is 5.82. The summed E-state index contributed by atoms with van der Waals surface area (Å²) in [6.07, 6.45) is 0. The van der Waals surface area contributed by atoms with Crippen molar-refractivity contribution in [3.05, 3.63) is 94.4 Å². The molecule has 1 aromatic heterocycles. The zero-order valence-corrected chi connectivity index (χ0v) is 17.3. The molecule has 0 spiro atoms. The summed E-state index contributed by atoms with van der Waals surface area (Å²) in [6, 6.07) is 15.9. The Morgan fingerprint density at radius 3 is 2.34 bits per heavy atom. The molecule has 1 aliphatic rings. The van der Waals surface area contributed by atoms with Gasteiger partial charge >= 0.3 is 0 Å². The molecule has 4 rings (SSSR count). The largest absolute Gasteiger partial charge is 0.506 e. The molecule has 0 amide bonds. The number of ketones is 1. The molecule has 0 saturated heterocycles. The molecule has 0 fully saturated rings. The van der Waals surface area contributed by atoms with Gasteiger partial charge in [0.05, 0.1) is 11.1 Å². The molecule has 3 nitrogen and oxygen atoms in total. The van der Waals surface area contributed by atoms with Gasteiger partial charge in [-0.3, -0.25) is 4.79 Å². The van der Waals surface area contributed by atoms with Crippen LogP contribution >= 0.6 is 0 Å². The van der Waals surface area contributed by atoms with E-state index in [-0.39, 0.29) is 11.5 Å². The van der Waals surface area contributed by atoms with Gasteiger partial charge in [-0.15, -0.1) is 0 Å². The van der Waals surface area contributed by atoms with E-state index in [1.54, 1.807) is 0 Å². The minimum atomic E-state index is -0.120. The molecule has 146 valence electrons. The van der Waals surface area contributed by atoms with Gasteiger partial charge in [0.15, 0.2) is 0 Å². The van der Waals surface area contributed by atoms with Gasteiger partial charge in [-0.25, -0.2) is 0 Å². The summed E-state index contributed by atoms with van der Waals surface area (Å²) in [5.41, 5.74) is 7.16. The van der Waals surface area contributed by atoms with Crippen molar-refractivity contribution in [2.24, 2.45) is 0 Å². The van der Waals surface area contributed by atoms with Crippen molar-refractivity contribution in [3.8, 4) is 0 Å². The number of fused-ring (bicyclic) bond motifs is 1. The van der Waals surface area contributed by atoms with E-state index >= 15 is 0 Å². The SMILES string of the molecule is C=C(C)/C(=C1/C(=O)C(c2c(C)n(CC)c3ccccc23)=C1O)c1ccccc1C. The first-order valence-corrected chi connectivity index (χ1v) is 9.91. The zero-order valence-electron chi connectivity index (χ0n) is 17.3. The topological polar surface area (TPSA) is 42.2 Å². The summed E-state index contributed by atoms with van der Waals surface area (Å²) in [5, 5.41) is 12.1. The molecule has 1 heterocycles. The highest BCUT2D eigenvalue weighted by atomic mass is 16.3. The Hall–Kier alpha value is -3.33. The van der Waals surface area contributed by atoms with Crippen molar-refractivity contribution in [2.45, 2.75) is 34.2 Å². The van der Waals surface area contributed by atoms with Crippen LogP contribution in [0.2, 0.25) is 0 Å². The fourth-order valence-electron chi connectivity index (χ4n) is 4.45. The Balaban J connectivity index is 2.00. The van der Waals surface area contributed by atoms with Crippen molar-refractivity contribution in [1.82, 2.24) is 4.57 Å². The molecular weight excluding hydrogens is 358 g/mol. The lowest BCUT2D eigenvalue weighted by molar-refractivity contribution is -0.111. The summed E-state index contributed by atoms with van der Waals surface area (Å²) in [6.45, 7) is 12.9. The molecular formula is C26H25NO2. The number of aryl methyl sites for hydroxylation is 2. The minimum Gasteiger partial charge on any atom is -0.506 e. The highest BCUT2D eigenvalue weighted by molar-refractivity contribution is 6.43. The average molecular weight is 383 g/mol. The van der Waals surface area contributed by atoms with E-state index in [0.29, 0.717) is 11.1 Å². The van der Waals surface area contributed by atoms with Crippen LogP contribution in [0, 0.1) is 13.8 Å². The number of hydrogen-bond acceptors (Lipinski definition) is 2. The Morgan fingerprint density at radius 1 is 1.07 bits per heavy atom. The molecule has 0 radical (unpaired) electrons. The summed E-state index contributed by atoms with van der Waals surface area (Å²) >= 11 is 0. The number of para-hydroxylation sites is 1. The van der Waals surface area contributed by atoms with Crippen LogP contribution in [-0.4, -0.2) is 15.5 Å². The monoisotopic (exact) mass is 383 g/mol. The van der Waals surface area contributed by atoms with Crippen molar-refractivity contribution in [2.75, 3.05) is 0 Å². The highest BCUT2D eigenvalue weighted by Gasteiger charge is 2.40. The second-order valence-electron chi connectivity index (χ2n) is 7.62. The number of nitrogens with zero attached hydrogens (tertiary/aromatic N) is 1. The average Bonchev–Trinajstić information content (AvgIpc) is 2.98. The molecule has 2 aromatic carbocycles. The van der Waals surface area contributed by atoms with E-state index in [0.717, 1.165) is 51.0 Å². The molecule has 29 heavy (non-hydrogen) atoms. The number of Topliss-reactive ketones (excluding diaryl/α,β-unsaturated/α-hetero) is 1. The van der Waals surface area contributed by atoms with Crippen LogP contribution < -0.4 is 0 Å². The van der Waals surface area contributed by atoms with Gasteiger partial charge < -0.3 is 9.67 Å². The first-order chi connectivity index (χ1) is 13.9. The summed E-state index contributed by atoms with van der Waals surface area (Å²) in [4.78, 5) is 13.4. The van der Waals surface area contributed by atoms with Gasteiger partial charge in [0.1, 0.15) is 5.76 Å². The smallest absolute Gasteiger partial charge is 0.201 e. The van der Waals surface area contributed by atoms with Crippen LogP contribution in [-0.2, 0) is 11.3 Å². The minimum absolute atomic E-state index is 0.0679. The number of carbonyl (C=O) groups is 1. The van der Waals surface area contributed by atoms with Crippen molar-refractivity contribution in [1.29, 1.82) is 0 Å². The maximum atomic E-state index is 13.4. The summed E-state index contributed by atoms with van der Waals surface area (Å²) in [5.74, 6) is -0.0516. The van der Waals surface area contributed by atoms with Crippen molar-refractivity contribution < 1.29 is 9.90 Å².